The number of nitrogens with one attached hydrogen (secondary N) is 2. The van der Waals surface area contributed by atoms with E-state index >= 15 is 0 Å². The molecule has 3 aliphatic rings. The molecule has 126 valence electrons. The molecule has 0 radical (unpaired) electrons. The molecule has 5 heteroatoms. The summed E-state index contributed by atoms with van der Waals surface area (Å²) in [5.41, 5.74) is 0. The van der Waals surface area contributed by atoms with Gasteiger partial charge in [-0.3, -0.25) is 4.99 Å². The number of hydrogen-bond acceptors (Lipinski definition) is 3. The molecular formula is C18H27N3O2. The van der Waals surface area contributed by atoms with E-state index in [1.165, 1.54) is 38.5 Å². The summed E-state index contributed by atoms with van der Waals surface area (Å²) in [6.45, 7) is 0.747. The van der Waals surface area contributed by atoms with Crippen LogP contribution in [0.3, 0.4) is 0 Å². The van der Waals surface area contributed by atoms with Crippen molar-refractivity contribution < 1.29 is 9.15 Å². The third-order valence-corrected chi connectivity index (χ3v) is 5.33. The van der Waals surface area contributed by atoms with Crippen LogP contribution in [0, 0.1) is 0 Å². The van der Waals surface area contributed by atoms with Gasteiger partial charge in [-0.1, -0.05) is 12.8 Å². The van der Waals surface area contributed by atoms with Crippen LogP contribution in [0.5, 0.6) is 0 Å². The fraction of sp³-hybridized carbons (Fsp3) is 0.722. The molecule has 3 unspecified atom stereocenters. The molecule has 3 atom stereocenters. The average molecular weight is 317 g/mol. The summed E-state index contributed by atoms with van der Waals surface area (Å²) in [6, 6.07) is 4.94. The van der Waals surface area contributed by atoms with E-state index in [4.69, 9.17) is 14.1 Å². The second-order valence-corrected chi connectivity index (χ2v) is 7.05. The van der Waals surface area contributed by atoms with Crippen molar-refractivity contribution in [3.05, 3.63) is 24.2 Å². The Morgan fingerprint density at radius 2 is 2.09 bits per heavy atom. The lowest BCUT2D eigenvalue weighted by atomic mass is 9.96. The molecule has 2 aliphatic heterocycles. The van der Waals surface area contributed by atoms with Crippen LogP contribution in [0.1, 0.15) is 50.7 Å². The third-order valence-electron chi connectivity index (χ3n) is 5.33. The number of ether oxygens (including phenoxy) is 1. The van der Waals surface area contributed by atoms with E-state index in [9.17, 15) is 0 Å². The zero-order chi connectivity index (χ0) is 15.5. The predicted molar refractivity (Wildman–Crippen MR) is 89.5 cm³/mol. The first-order chi connectivity index (χ1) is 11.4. The quantitative estimate of drug-likeness (QED) is 0.647. The van der Waals surface area contributed by atoms with Crippen molar-refractivity contribution in [1.82, 2.24) is 10.6 Å². The van der Waals surface area contributed by atoms with E-state index in [2.05, 4.69) is 10.6 Å². The molecule has 2 saturated heterocycles. The Bertz CT molecular complexity index is 522. The number of aliphatic imine (C=N–C) groups is 1. The maximum Gasteiger partial charge on any atom is 0.191 e. The molecule has 2 bridgehead atoms. The number of fused-ring (bicyclic) bond motifs is 2. The second kappa shape index (κ2) is 6.95. The lowest BCUT2D eigenvalue weighted by molar-refractivity contribution is 0.0992. The van der Waals surface area contributed by atoms with Gasteiger partial charge in [-0.05, 0) is 44.2 Å². The smallest absolute Gasteiger partial charge is 0.191 e. The highest BCUT2D eigenvalue weighted by atomic mass is 16.5. The molecule has 0 spiro atoms. The highest BCUT2D eigenvalue weighted by Crippen LogP contribution is 2.34. The van der Waals surface area contributed by atoms with Gasteiger partial charge in [-0.2, -0.15) is 0 Å². The zero-order valence-electron chi connectivity index (χ0n) is 13.7. The van der Waals surface area contributed by atoms with Gasteiger partial charge < -0.3 is 19.8 Å². The van der Waals surface area contributed by atoms with Gasteiger partial charge in [0, 0.05) is 19.0 Å². The number of nitrogens with zero attached hydrogens (tertiary/aromatic N) is 1. The van der Waals surface area contributed by atoms with Gasteiger partial charge in [-0.15, -0.1) is 0 Å². The van der Waals surface area contributed by atoms with Crippen LogP contribution >= 0.6 is 0 Å². The summed E-state index contributed by atoms with van der Waals surface area (Å²) in [5, 5.41) is 7.27. The van der Waals surface area contributed by atoms with Crippen LogP contribution in [0.15, 0.2) is 27.8 Å². The van der Waals surface area contributed by atoms with E-state index in [1.807, 2.05) is 12.1 Å². The Morgan fingerprint density at radius 1 is 1.17 bits per heavy atom. The van der Waals surface area contributed by atoms with Crippen LogP contribution in [0.25, 0.3) is 0 Å². The van der Waals surface area contributed by atoms with Crippen molar-refractivity contribution in [1.29, 1.82) is 0 Å². The molecule has 5 nitrogen and oxygen atoms in total. The Morgan fingerprint density at radius 3 is 2.78 bits per heavy atom. The largest absolute Gasteiger partial charge is 0.469 e. The first-order valence-electron chi connectivity index (χ1n) is 9.12. The van der Waals surface area contributed by atoms with Gasteiger partial charge in [0.1, 0.15) is 5.76 Å². The normalized spacial score (nSPS) is 31.0. The molecule has 0 aromatic carbocycles. The minimum Gasteiger partial charge on any atom is -0.469 e. The molecule has 4 rings (SSSR count). The summed E-state index contributed by atoms with van der Waals surface area (Å²) in [7, 11) is 0. The fourth-order valence-corrected chi connectivity index (χ4v) is 4.09. The number of rotatable bonds is 5. The second-order valence-electron chi connectivity index (χ2n) is 7.05. The van der Waals surface area contributed by atoms with Crippen LogP contribution in [0.2, 0.25) is 0 Å². The van der Waals surface area contributed by atoms with E-state index in [0.29, 0.717) is 24.3 Å². The highest BCUT2D eigenvalue weighted by Gasteiger charge is 2.41. The van der Waals surface area contributed by atoms with E-state index in [1.54, 1.807) is 6.26 Å². The number of guanidine groups is 1. The summed E-state index contributed by atoms with van der Waals surface area (Å²) in [6.07, 6.45) is 12.1. The minimum absolute atomic E-state index is 0.376. The Hall–Kier alpha value is -1.49. The van der Waals surface area contributed by atoms with E-state index < -0.39 is 0 Å². The summed E-state index contributed by atoms with van der Waals surface area (Å²) in [5.74, 6) is 1.96. The Kier molecular flexibility index (Phi) is 4.55. The van der Waals surface area contributed by atoms with E-state index in [0.717, 1.165) is 31.1 Å². The van der Waals surface area contributed by atoms with Gasteiger partial charge in [0.15, 0.2) is 5.96 Å². The summed E-state index contributed by atoms with van der Waals surface area (Å²) < 4.78 is 11.4. The van der Waals surface area contributed by atoms with Gasteiger partial charge >= 0.3 is 0 Å². The van der Waals surface area contributed by atoms with Crippen LogP contribution < -0.4 is 10.6 Å². The molecular weight excluding hydrogens is 290 g/mol. The van der Waals surface area contributed by atoms with Gasteiger partial charge in [0.05, 0.1) is 24.5 Å². The molecule has 23 heavy (non-hydrogen) atoms. The molecule has 1 saturated carbocycles. The molecule has 2 N–H and O–H groups in total. The summed E-state index contributed by atoms with van der Waals surface area (Å²) in [4.78, 5) is 4.79. The molecule has 3 heterocycles. The zero-order valence-corrected chi connectivity index (χ0v) is 13.7. The number of furan rings is 1. The van der Waals surface area contributed by atoms with Crippen molar-refractivity contribution in [2.45, 2.75) is 75.7 Å². The first kappa shape index (κ1) is 15.1. The van der Waals surface area contributed by atoms with Crippen molar-refractivity contribution in [3.63, 3.8) is 0 Å². The van der Waals surface area contributed by atoms with Crippen LogP contribution in [0.4, 0.5) is 0 Å². The maximum absolute atomic E-state index is 5.96. The van der Waals surface area contributed by atoms with Crippen molar-refractivity contribution in [2.24, 2.45) is 4.99 Å². The highest BCUT2D eigenvalue weighted by molar-refractivity contribution is 5.80. The topological polar surface area (TPSA) is 58.8 Å². The van der Waals surface area contributed by atoms with Gasteiger partial charge in [-0.25, -0.2) is 0 Å². The summed E-state index contributed by atoms with van der Waals surface area (Å²) >= 11 is 0. The number of hydrogen-bond donors (Lipinski definition) is 2. The maximum atomic E-state index is 5.96. The molecule has 1 aliphatic carbocycles. The Balaban J connectivity index is 1.35. The molecule has 1 aromatic rings. The fourth-order valence-electron chi connectivity index (χ4n) is 4.09. The predicted octanol–water partition coefficient (Wildman–Crippen LogP) is 2.62. The van der Waals surface area contributed by atoms with Gasteiger partial charge in [0.25, 0.3) is 0 Å². The SMILES string of the molecule is c1coc(CCN=C(NC2CCCC2)NC2CC3CCC2O3)c1. The Labute approximate surface area is 137 Å². The van der Waals surface area contributed by atoms with Crippen molar-refractivity contribution in [2.75, 3.05) is 6.54 Å². The van der Waals surface area contributed by atoms with Crippen molar-refractivity contribution in [3.8, 4) is 0 Å². The third kappa shape index (κ3) is 3.71. The first-order valence-corrected chi connectivity index (χ1v) is 9.12. The lowest BCUT2D eigenvalue weighted by Gasteiger charge is -2.24. The standard InChI is InChI=1S/C18H27N3O2/c1-2-5-13(4-1)20-18(19-10-9-14-6-3-11-22-14)21-16-12-15-7-8-17(16)23-15/h3,6,11,13,15-17H,1-2,4-5,7-10,12H2,(H2,19,20,21). The molecule has 3 fully saturated rings. The molecule has 0 amide bonds. The van der Waals surface area contributed by atoms with Crippen LogP contribution in [-0.2, 0) is 11.2 Å². The average Bonchev–Trinajstić information content (AvgIpc) is 3.33. The lowest BCUT2D eigenvalue weighted by Crippen LogP contribution is -2.50. The van der Waals surface area contributed by atoms with Crippen molar-refractivity contribution >= 4 is 5.96 Å². The monoisotopic (exact) mass is 317 g/mol. The minimum atomic E-state index is 0.376. The van der Waals surface area contributed by atoms with E-state index in [-0.39, 0.29) is 0 Å². The molecule has 1 aromatic heterocycles. The van der Waals surface area contributed by atoms with Gasteiger partial charge in [0.2, 0.25) is 0 Å². The van der Waals surface area contributed by atoms with Crippen LogP contribution in [-0.4, -0.2) is 36.8 Å².